The summed E-state index contributed by atoms with van der Waals surface area (Å²) in [7, 11) is 0. The van der Waals surface area contributed by atoms with Gasteiger partial charge in [-0.2, -0.15) is 5.10 Å². The van der Waals surface area contributed by atoms with E-state index in [1.165, 1.54) is 22.0 Å². The zero-order valence-corrected chi connectivity index (χ0v) is 13.5. The molecule has 3 rings (SSSR count). The molecule has 1 heterocycles. The molecule has 0 bridgehead atoms. The van der Waals surface area contributed by atoms with Crippen molar-refractivity contribution in [3.8, 4) is 5.69 Å². The monoisotopic (exact) mass is 353 g/mol. The molecular weight excluding hydrogens is 341 g/mol. The Balaban J connectivity index is 1.85. The van der Waals surface area contributed by atoms with Gasteiger partial charge in [-0.3, -0.25) is 9.59 Å². The smallest absolute Gasteiger partial charge is 0.323 e. The van der Waals surface area contributed by atoms with Gasteiger partial charge < -0.3 is 10.0 Å². The number of benzene rings is 1. The van der Waals surface area contributed by atoms with Gasteiger partial charge >= 0.3 is 5.97 Å². The van der Waals surface area contributed by atoms with Crippen molar-refractivity contribution in [3.63, 3.8) is 0 Å². The molecule has 1 aliphatic rings. The Morgan fingerprint density at radius 2 is 2.09 bits per heavy atom. The zero-order chi connectivity index (χ0) is 16.6. The second-order valence-electron chi connectivity index (χ2n) is 5.33. The maximum Gasteiger partial charge on any atom is 0.323 e. The number of carbonyl (C=O) groups excluding carboxylic acids is 1. The SMILES string of the molecule is O=C(O)CN(C(=O)c1cnn(-c2ccc(Cl)cc2Cl)c1)C1CC1. The van der Waals surface area contributed by atoms with E-state index in [-0.39, 0.29) is 18.5 Å². The van der Waals surface area contributed by atoms with Crippen molar-refractivity contribution in [3.05, 3.63) is 46.2 Å². The Morgan fingerprint density at radius 1 is 1.35 bits per heavy atom. The van der Waals surface area contributed by atoms with E-state index in [1.807, 2.05) is 0 Å². The average Bonchev–Trinajstić information content (AvgIpc) is 3.21. The van der Waals surface area contributed by atoms with Gasteiger partial charge in [0.15, 0.2) is 0 Å². The number of carboxylic acid groups (broad SMARTS) is 1. The molecule has 0 spiro atoms. The summed E-state index contributed by atoms with van der Waals surface area (Å²) in [6.07, 6.45) is 4.60. The van der Waals surface area contributed by atoms with Crippen molar-refractivity contribution in [1.29, 1.82) is 0 Å². The lowest BCUT2D eigenvalue weighted by Gasteiger charge is -2.19. The molecule has 1 amide bonds. The third-order valence-corrected chi connectivity index (χ3v) is 4.08. The number of nitrogens with zero attached hydrogens (tertiary/aromatic N) is 3. The van der Waals surface area contributed by atoms with Crippen LogP contribution < -0.4 is 0 Å². The fourth-order valence-corrected chi connectivity index (χ4v) is 2.79. The molecule has 1 fully saturated rings. The molecule has 0 aliphatic heterocycles. The molecule has 1 N–H and O–H groups in total. The normalized spacial score (nSPS) is 13.8. The maximum atomic E-state index is 12.5. The number of aliphatic carboxylic acids is 1. The quantitative estimate of drug-likeness (QED) is 0.896. The number of carbonyl (C=O) groups is 2. The molecule has 8 heteroatoms. The Hall–Kier alpha value is -2.05. The summed E-state index contributed by atoms with van der Waals surface area (Å²) in [5, 5.41) is 14.0. The molecule has 1 aromatic heterocycles. The van der Waals surface area contributed by atoms with E-state index in [1.54, 1.807) is 18.2 Å². The molecule has 1 saturated carbocycles. The molecule has 0 radical (unpaired) electrons. The third-order valence-electron chi connectivity index (χ3n) is 3.54. The van der Waals surface area contributed by atoms with Crippen molar-refractivity contribution in [1.82, 2.24) is 14.7 Å². The summed E-state index contributed by atoms with van der Waals surface area (Å²) in [5.41, 5.74) is 0.912. The molecule has 1 aromatic carbocycles. The largest absolute Gasteiger partial charge is 0.480 e. The number of amides is 1. The van der Waals surface area contributed by atoms with E-state index < -0.39 is 5.97 Å². The van der Waals surface area contributed by atoms with Gasteiger partial charge in [-0.1, -0.05) is 23.2 Å². The predicted octanol–water partition coefficient (Wildman–Crippen LogP) is 2.87. The van der Waals surface area contributed by atoms with Gasteiger partial charge in [0.05, 0.1) is 22.5 Å². The molecule has 2 aromatic rings. The van der Waals surface area contributed by atoms with Gasteiger partial charge in [-0.25, -0.2) is 4.68 Å². The number of rotatable bonds is 5. The number of hydrogen-bond acceptors (Lipinski definition) is 3. The second-order valence-corrected chi connectivity index (χ2v) is 6.17. The summed E-state index contributed by atoms with van der Waals surface area (Å²) >= 11 is 12.0. The van der Waals surface area contributed by atoms with Crippen molar-refractivity contribution >= 4 is 35.1 Å². The summed E-state index contributed by atoms with van der Waals surface area (Å²) < 4.78 is 1.47. The number of halogens is 2. The minimum atomic E-state index is -1.03. The van der Waals surface area contributed by atoms with Crippen molar-refractivity contribution in [2.24, 2.45) is 0 Å². The predicted molar refractivity (Wildman–Crippen MR) is 85.3 cm³/mol. The van der Waals surface area contributed by atoms with Crippen LogP contribution in [0.25, 0.3) is 5.69 Å². The highest BCUT2D eigenvalue weighted by Gasteiger charge is 2.34. The zero-order valence-electron chi connectivity index (χ0n) is 11.9. The number of aromatic nitrogens is 2. The van der Waals surface area contributed by atoms with Gasteiger partial charge in [0, 0.05) is 17.3 Å². The van der Waals surface area contributed by atoms with Crippen LogP contribution >= 0.6 is 23.2 Å². The van der Waals surface area contributed by atoms with Crippen LogP contribution in [0.2, 0.25) is 10.0 Å². The fraction of sp³-hybridized carbons (Fsp3) is 0.267. The van der Waals surface area contributed by atoms with Gasteiger partial charge in [0.2, 0.25) is 0 Å². The van der Waals surface area contributed by atoms with Crippen molar-refractivity contribution in [2.75, 3.05) is 6.54 Å². The number of hydrogen-bond donors (Lipinski definition) is 1. The van der Waals surface area contributed by atoms with E-state index in [9.17, 15) is 9.59 Å². The van der Waals surface area contributed by atoms with E-state index in [0.717, 1.165) is 12.8 Å². The fourth-order valence-electron chi connectivity index (χ4n) is 2.30. The van der Waals surface area contributed by atoms with Gasteiger partial charge in [-0.15, -0.1) is 0 Å². The molecular formula is C15H13Cl2N3O3. The minimum Gasteiger partial charge on any atom is -0.480 e. The second kappa shape index (κ2) is 6.22. The van der Waals surface area contributed by atoms with Crippen LogP contribution in [-0.4, -0.2) is 44.3 Å². The summed E-state index contributed by atoms with van der Waals surface area (Å²) in [6.45, 7) is -0.309. The lowest BCUT2D eigenvalue weighted by Crippen LogP contribution is -2.37. The minimum absolute atomic E-state index is 0.000991. The van der Waals surface area contributed by atoms with Crippen molar-refractivity contribution < 1.29 is 14.7 Å². The highest BCUT2D eigenvalue weighted by atomic mass is 35.5. The van der Waals surface area contributed by atoms with Crippen LogP contribution in [-0.2, 0) is 4.79 Å². The molecule has 23 heavy (non-hydrogen) atoms. The standard InChI is InChI=1S/C15H13Cl2N3O3/c16-10-1-4-13(12(17)5-10)20-7-9(6-18-20)15(23)19(8-14(21)22)11-2-3-11/h1,4-7,11H,2-3,8H2,(H,21,22). The summed E-state index contributed by atoms with van der Waals surface area (Å²) in [4.78, 5) is 24.8. The Labute approximate surface area is 142 Å². The van der Waals surface area contributed by atoms with Gasteiger partial charge in [0.1, 0.15) is 6.54 Å². The average molecular weight is 354 g/mol. The van der Waals surface area contributed by atoms with Gasteiger partial charge in [-0.05, 0) is 31.0 Å². The molecule has 1 aliphatic carbocycles. The van der Waals surface area contributed by atoms with Crippen molar-refractivity contribution in [2.45, 2.75) is 18.9 Å². The lowest BCUT2D eigenvalue weighted by molar-refractivity contribution is -0.137. The highest BCUT2D eigenvalue weighted by Crippen LogP contribution is 2.28. The lowest BCUT2D eigenvalue weighted by atomic mass is 10.3. The van der Waals surface area contributed by atoms with Crippen LogP contribution in [0.4, 0.5) is 0 Å². The highest BCUT2D eigenvalue weighted by molar-refractivity contribution is 6.35. The Bertz CT molecular complexity index is 771. The maximum absolute atomic E-state index is 12.5. The first-order chi connectivity index (χ1) is 11.0. The van der Waals surface area contributed by atoms with Gasteiger partial charge in [0.25, 0.3) is 5.91 Å². The van der Waals surface area contributed by atoms with Crippen LogP contribution in [0.15, 0.2) is 30.6 Å². The number of carboxylic acids is 1. The van der Waals surface area contributed by atoms with Crippen LogP contribution in [0.3, 0.4) is 0 Å². The van der Waals surface area contributed by atoms with Crippen LogP contribution in [0.5, 0.6) is 0 Å². The van der Waals surface area contributed by atoms with E-state index in [0.29, 0.717) is 21.3 Å². The van der Waals surface area contributed by atoms with E-state index in [4.69, 9.17) is 28.3 Å². The first kappa shape index (κ1) is 15.8. The first-order valence-corrected chi connectivity index (χ1v) is 7.74. The topological polar surface area (TPSA) is 75.4 Å². The summed E-state index contributed by atoms with van der Waals surface area (Å²) in [6, 6.07) is 4.96. The Kier molecular flexibility index (Phi) is 4.28. The van der Waals surface area contributed by atoms with Crippen LogP contribution in [0, 0.1) is 0 Å². The van der Waals surface area contributed by atoms with E-state index >= 15 is 0 Å². The molecule has 0 saturated heterocycles. The van der Waals surface area contributed by atoms with E-state index in [2.05, 4.69) is 5.10 Å². The van der Waals surface area contributed by atoms with Crippen LogP contribution in [0.1, 0.15) is 23.2 Å². The Morgan fingerprint density at radius 3 is 2.70 bits per heavy atom. The summed E-state index contributed by atoms with van der Waals surface area (Å²) in [5.74, 6) is -1.37. The molecule has 120 valence electrons. The third kappa shape index (κ3) is 3.48. The first-order valence-electron chi connectivity index (χ1n) is 6.98. The molecule has 6 nitrogen and oxygen atoms in total. The molecule has 0 atom stereocenters. The molecule has 0 unspecified atom stereocenters.